The van der Waals surface area contributed by atoms with E-state index in [9.17, 15) is 0 Å². The summed E-state index contributed by atoms with van der Waals surface area (Å²) >= 11 is 7.00. The summed E-state index contributed by atoms with van der Waals surface area (Å²) in [6.07, 6.45) is 5.22. The number of halogens is 1. The third-order valence-corrected chi connectivity index (χ3v) is 5.96. The molecule has 3 rings (SSSR count). The summed E-state index contributed by atoms with van der Waals surface area (Å²) in [7, 11) is 0. The van der Waals surface area contributed by atoms with Gasteiger partial charge in [0.15, 0.2) is 0 Å². The maximum Gasteiger partial charge on any atom is 0.0624 e. The van der Waals surface area contributed by atoms with Gasteiger partial charge in [0.2, 0.25) is 0 Å². The van der Waals surface area contributed by atoms with E-state index < -0.39 is 0 Å². The average Bonchev–Trinajstić information content (AvgIpc) is 2.47. The van der Waals surface area contributed by atoms with Gasteiger partial charge in [-0.25, -0.2) is 0 Å². The second-order valence-corrected chi connectivity index (χ2v) is 7.73. The molecule has 0 N–H and O–H groups in total. The minimum Gasteiger partial charge on any atom is -0.117 e. The normalized spacial score (nSPS) is 23.1. The van der Waals surface area contributed by atoms with Crippen molar-refractivity contribution < 1.29 is 0 Å². The summed E-state index contributed by atoms with van der Waals surface area (Å²) in [5, 5.41) is 2.79. The van der Waals surface area contributed by atoms with Crippen LogP contribution in [0.1, 0.15) is 56.0 Å². The van der Waals surface area contributed by atoms with Gasteiger partial charge in [-0.3, -0.25) is 0 Å². The zero-order valence-electron chi connectivity index (χ0n) is 13.3. The number of rotatable bonds is 2. The molecule has 0 nitrogen and oxygen atoms in total. The summed E-state index contributed by atoms with van der Waals surface area (Å²) < 4.78 is 0. The van der Waals surface area contributed by atoms with Crippen LogP contribution in [0.15, 0.2) is 36.4 Å². The van der Waals surface area contributed by atoms with Gasteiger partial charge in [0.05, 0.1) is 5.38 Å². The van der Waals surface area contributed by atoms with Crippen molar-refractivity contribution in [2.24, 2.45) is 11.3 Å². The van der Waals surface area contributed by atoms with Crippen molar-refractivity contribution in [3.8, 4) is 0 Å². The lowest BCUT2D eigenvalue weighted by atomic mass is 9.66. The highest BCUT2D eigenvalue weighted by Gasteiger charge is 2.37. The van der Waals surface area contributed by atoms with Gasteiger partial charge in [-0.1, -0.05) is 63.1 Å². The van der Waals surface area contributed by atoms with Crippen LogP contribution in [0, 0.1) is 18.3 Å². The van der Waals surface area contributed by atoms with Crippen molar-refractivity contribution in [1.82, 2.24) is 0 Å². The quantitative estimate of drug-likeness (QED) is 0.545. The number of aryl methyl sites for hydroxylation is 1. The van der Waals surface area contributed by atoms with Crippen molar-refractivity contribution in [3.05, 3.63) is 47.5 Å². The van der Waals surface area contributed by atoms with Gasteiger partial charge >= 0.3 is 0 Å². The first kappa shape index (κ1) is 14.9. The smallest absolute Gasteiger partial charge is 0.0624 e. The van der Waals surface area contributed by atoms with E-state index in [1.54, 1.807) is 0 Å². The maximum atomic E-state index is 7.00. The minimum absolute atomic E-state index is 0.116. The third kappa shape index (κ3) is 2.71. The Morgan fingerprint density at radius 1 is 1.05 bits per heavy atom. The Kier molecular flexibility index (Phi) is 4.01. The SMILES string of the molecule is Cc1ccc(C(Cl)C2CCCCC2(C)C)c2ccccc12. The van der Waals surface area contributed by atoms with Crippen molar-refractivity contribution in [2.75, 3.05) is 0 Å². The van der Waals surface area contributed by atoms with Crippen LogP contribution in [-0.2, 0) is 0 Å². The number of benzene rings is 2. The van der Waals surface area contributed by atoms with Crippen molar-refractivity contribution in [1.29, 1.82) is 0 Å². The molecule has 0 heterocycles. The maximum absolute atomic E-state index is 7.00. The lowest BCUT2D eigenvalue weighted by Gasteiger charge is -2.41. The zero-order valence-corrected chi connectivity index (χ0v) is 14.1. The van der Waals surface area contributed by atoms with E-state index in [-0.39, 0.29) is 5.38 Å². The topological polar surface area (TPSA) is 0 Å². The molecule has 2 atom stereocenters. The highest BCUT2D eigenvalue weighted by atomic mass is 35.5. The second-order valence-electron chi connectivity index (χ2n) is 7.26. The third-order valence-electron chi connectivity index (χ3n) is 5.42. The predicted molar refractivity (Wildman–Crippen MR) is 93.0 cm³/mol. The standard InChI is InChI=1S/C20H25Cl/c1-14-11-12-17(16-9-5-4-8-15(14)16)19(21)18-10-6-7-13-20(18,2)3/h4-5,8-9,11-12,18-19H,6-7,10,13H2,1-3H3. The van der Waals surface area contributed by atoms with Crippen molar-refractivity contribution >= 4 is 22.4 Å². The largest absolute Gasteiger partial charge is 0.117 e. The molecule has 2 aromatic carbocycles. The van der Waals surface area contributed by atoms with E-state index in [4.69, 9.17) is 11.6 Å². The van der Waals surface area contributed by atoms with Crippen LogP contribution in [0.5, 0.6) is 0 Å². The average molecular weight is 301 g/mol. The highest BCUT2D eigenvalue weighted by Crippen LogP contribution is 2.50. The van der Waals surface area contributed by atoms with Crippen LogP contribution >= 0.6 is 11.6 Å². The van der Waals surface area contributed by atoms with Crippen LogP contribution in [-0.4, -0.2) is 0 Å². The molecule has 1 aliphatic rings. The number of hydrogen-bond acceptors (Lipinski definition) is 0. The number of fused-ring (bicyclic) bond motifs is 1. The van der Waals surface area contributed by atoms with Crippen LogP contribution in [0.3, 0.4) is 0 Å². The molecule has 0 radical (unpaired) electrons. The summed E-state index contributed by atoms with van der Waals surface area (Å²) in [6.45, 7) is 6.96. The van der Waals surface area contributed by atoms with Crippen molar-refractivity contribution in [2.45, 2.75) is 51.8 Å². The van der Waals surface area contributed by atoms with Gasteiger partial charge in [-0.05, 0) is 53.0 Å². The monoisotopic (exact) mass is 300 g/mol. The van der Waals surface area contributed by atoms with E-state index in [2.05, 4.69) is 57.2 Å². The minimum atomic E-state index is 0.116. The molecule has 1 fully saturated rings. The van der Waals surface area contributed by atoms with E-state index in [0.717, 1.165) is 0 Å². The van der Waals surface area contributed by atoms with Gasteiger partial charge in [-0.15, -0.1) is 11.6 Å². The highest BCUT2D eigenvalue weighted by molar-refractivity contribution is 6.22. The van der Waals surface area contributed by atoms with Crippen LogP contribution in [0.25, 0.3) is 10.8 Å². The molecule has 21 heavy (non-hydrogen) atoms. The van der Waals surface area contributed by atoms with E-state index in [0.29, 0.717) is 11.3 Å². The Balaban J connectivity index is 2.06. The fraction of sp³-hybridized carbons (Fsp3) is 0.500. The second kappa shape index (κ2) is 5.65. The molecule has 0 bridgehead atoms. The fourth-order valence-electron chi connectivity index (χ4n) is 3.99. The Morgan fingerprint density at radius 2 is 1.76 bits per heavy atom. The number of hydrogen-bond donors (Lipinski definition) is 0. The Bertz CT molecular complexity index is 641. The summed E-state index contributed by atoms with van der Waals surface area (Å²) in [6, 6.07) is 13.2. The lowest BCUT2D eigenvalue weighted by Crippen LogP contribution is -2.31. The predicted octanol–water partition coefficient (Wildman–Crippen LogP) is 6.64. The molecule has 0 saturated heterocycles. The van der Waals surface area contributed by atoms with Gasteiger partial charge < -0.3 is 0 Å². The molecule has 1 saturated carbocycles. The van der Waals surface area contributed by atoms with Crippen LogP contribution < -0.4 is 0 Å². The Labute approximate surface area is 133 Å². The summed E-state index contributed by atoms with van der Waals surface area (Å²) in [4.78, 5) is 0. The van der Waals surface area contributed by atoms with E-state index in [1.807, 2.05) is 0 Å². The van der Waals surface area contributed by atoms with Gasteiger partial charge in [0.1, 0.15) is 0 Å². The first-order valence-corrected chi connectivity index (χ1v) is 8.57. The first-order valence-electron chi connectivity index (χ1n) is 8.13. The van der Waals surface area contributed by atoms with Gasteiger partial charge in [0.25, 0.3) is 0 Å². The molecule has 1 aliphatic carbocycles. The summed E-state index contributed by atoms with van der Waals surface area (Å²) in [5.41, 5.74) is 3.00. The molecule has 2 aromatic rings. The van der Waals surface area contributed by atoms with Crippen LogP contribution in [0.4, 0.5) is 0 Å². The molecular formula is C20H25Cl. The van der Waals surface area contributed by atoms with Crippen LogP contribution in [0.2, 0.25) is 0 Å². The zero-order chi connectivity index (χ0) is 15.0. The molecule has 112 valence electrons. The molecular weight excluding hydrogens is 276 g/mol. The number of alkyl halides is 1. The molecule has 0 aliphatic heterocycles. The van der Waals surface area contributed by atoms with Gasteiger partial charge in [0, 0.05) is 0 Å². The Morgan fingerprint density at radius 3 is 2.48 bits per heavy atom. The van der Waals surface area contributed by atoms with Crippen molar-refractivity contribution in [3.63, 3.8) is 0 Å². The summed E-state index contributed by atoms with van der Waals surface area (Å²) in [5.74, 6) is 0.569. The molecule has 0 spiro atoms. The molecule has 1 heteroatoms. The first-order chi connectivity index (χ1) is 10.0. The lowest BCUT2D eigenvalue weighted by molar-refractivity contribution is 0.133. The van der Waals surface area contributed by atoms with Gasteiger partial charge in [-0.2, -0.15) is 0 Å². The van der Waals surface area contributed by atoms with E-state index in [1.165, 1.54) is 47.6 Å². The Hall–Kier alpha value is -1.01. The molecule has 0 amide bonds. The molecule has 2 unspecified atom stereocenters. The van der Waals surface area contributed by atoms with E-state index >= 15 is 0 Å². The molecule has 0 aromatic heterocycles. The fourth-order valence-corrected chi connectivity index (χ4v) is 4.65.